The summed E-state index contributed by atoms with van der Waals surface area (Å²) in [5.74, 6) is 0. The van der Waals surface area contributed by atoms with E-state index < -0.39 is 10.4 Å². The van der Waals surface area contributed by atoms with Crippen LogP contribution in [0.1, 0.15) is 11.2 Å². The van der Waals surface area contributed by atoms with Gasteiger partial charge in [0.15, 0.2) is 0 Å². The Hall–Kier alpha value is -1.49. The Bertz CT molecular complexity index is 385. The summed E-state index contributed by atoms with van der Waals surface area (Å²) in [5.41, 5.74) is 0.323. The van der Waals surface area contributed by atoms with Crippen molar-refractivity contribution < 1.29 is 4.92 Å². The van der Waals surface area contributed by atoms with Crippen LogP contribution in [0.5, 0.6) is 0 Å². The first-order chi connectivity index (χ1) is 6.18. The highest BCUT2D eigenvalue weighted by Crippen LogP contribution is 2.26. The fourth-order valence-corrected chi connectivity index (χ4v) is 1.45. The van der Waals surface area contributed by atoms with Crippen molar-refractivity contribution in [2.24, 2.45) is 0 Å². The molecule has 0 aromatic carbocycles. The van der Waals surface area contributed by atoms with E-state index in [0.29, 0.717) is 5.69 Å². The van der Waals surface area contributed by atoms with Crippen LogP contribution in [-0.2, 0) is 0 Å². The third kappa shape index (κ3) is 1.27. The Morgan fingerprint density at radius 3 is 3.08 bits per heavy atom. The Balaban J connectivity index is 2.49. The molecule has 1 atom stereocenters. The summed E-state index contributed by atoms with van der Waals surface area (Å²) in [6.45, 7) is 0. The zero-order chi connectivity index (χ0) is 9.42. The smallest absolute Gasteiger partial charge is 0.287 e. The largest absolute Gasteiger partial charge is 0.369 e. The van der Waals surface area contributed by atoms with Gasteiger partial charge in [-0.05, 0) is 0 Å². The lowest BCUT2D eigenvalue weighted by Crippen LogP contribution is -2.16. The molecule has 13 heavy (non-hydrogen) atoms. The van der Waals surface area contributed by atoms with Crippen molar-refractivity contribution in [1.82, 2.24) is 9.88 Å². The highest BCUT2D eigenvalue weighted by atomic mass is 35.5. The van der Waals surface area contributed by atoms with Crippen LogP contribution in [0.25, 0.3) is 6.20 Å². The molecule has 5 nitrogen and oxygen atoms in total. The maximum absolute atomic E-state index is 10.4. The van der Waals surface area contributed by atoms with Gasteiger partial charge in [-0.15, -0.1) is 0 Å². The molecule has 0 bridgehead atoms. The van der Waals surface area contributed by atoms with Crippen LogP contribution < -0.4 is 5.32 Å². The molecule has 0 radical (unpaired) electrons. The van der Waals surface area contributed by atoms with Crippen molar-refractivity contribution in [1.29, 1.82) is 0 Å². The fraction of sp³-hybridized carbons (Fsp3) is 0.143. The predicted octanol–water partition coefficient (Wildman–Crippen LogP) is 1.67. The third-order valence-electron chi connectivity index (χ3n) is 1.81. The molecule has 0 saturated carbocycles. The van der Waals surface area contributed by atoms with Gasteiger partial charge >= 0.3 is 0 Å². The minimum absolute atomic E-state index is 0.0500. The van der Waals surface area contributed by atoms with Crippen LogP contribution in [0.15, 0.2) is 18.5 Å². The first kappa shape index (κ1) is 8.12. The number of hydrogen-bond acceptors (Lipinski definition) is 3. The lowest BCUT2D eigenvalue weighted by molar-refractivity contribution is -0.384. The van der Waals surface area contributed by atoms with Gasteiger partial charge in [0, 0.05) is 18.5 Å². The van der Waals surface area contributed by atoms with E-state index in [-0.39, 0.29) is 5.69 Å². The number of aromatic nitrogens is 1. The Morgan fingerprint density at radius 1 is 1.69 bits per heavy atom. The quantitative estimate of drug-likeness (QED) is 0.324. The van der Waals surface area contributed by atoms with Gasteiger partial charge in [0.05, 0.1) is 16.8 Å². The predicted molar refractivity (Wildman–Crippen MR) is 48.1 cm³/mol. The van der Waals surface area contributed by atoms with E-state index >= 15 is 0 Å². The standard InChI is InChI=1S/C7H6ClN3O2/c8-7-6-3-5(11(12)13)4-10(6)2-1-9-7/h1-4,7,9H/t7-/m0/s1. The monoisotopic (exact) mass is 199 g/mol. The van der Waals surface area contributed by atoms with Crippen molar-refractivity contribution in [2.75, 3.05) is 0 Å². The Labute approximate surface area is 78.8 Å². The van der Waals surface area contributed by atoms with E-state index in [0.717, 1.165) is 0 Å². The van der Waals surface area contributed by atoms with Crippen molar-refractivity contribution in [3.63, 3.8) is 0 Å². The molecule has 1 aromatic heterocycles. The van der Waals surface area contributed by atoms with E-state index in [1.807, 2.05) is 0 Å². The number of fused-ring (bicyclic) bond motifs is 1. The number of rotatable bonds is 1. The molecule has 2 heterocycles. The summed E-state index contributed by atoms with van der Waals surface area (Å²) >= 11 is 5.86. The zero-order valence-corrected chi connectivity index (χ0v) is 7.23. The van der Waals surface area contributed by atoms with E-state index in [9.17, 15) is 10.1 Å². The van der Waals surface area contributed by atoms with Crippen LogP contribution in [0.3, 0.4) is 0 Å². The molecule has 6 heteroatoms. The van der Waals surface area contributed by atoms with E-state index in [1.165, 1.54) is 12.3 Å². The first-order valence-corrected chi connectivity index (χ1v) is 4.05. The maximum Gasteiger partial charge on any atom is 0.287 e. The van der Waals surface area contributed by atoms with E-state index in [4.69, 9.17) is 11.6 Å². The van der Waals surface area contributed by atoms with Gasteiger partial charge in [-0.25, -0.2) is 0 Å². The molecule has 1 aliphatic heterocycles. The van der Waals surface area contributed by atoms with Gasteiger partial charge in [0.1, 0.15) is 5.50 Å². The van der Waals surface area contributed by atoms with Crippen LogP contribution in [-0.4, -0.2) is 9.49 Å². The number of nitrogens with one attached hydrogen (secondary N) is 1. The second kappa shape index (κ2) is 2.77. The molecule has 0 amide bonds. The molecule has 1 N–H and O–H groups in total. The second-order valence-electron chi connectivity index (χ2n) is 2.63. The number of nitrogens with zero attached hydrogens (tertiary/aromatic N) is 2. The zero-order valence-electron chi connectivity index (χ0n) is 6.48. The average Bonchev–Trinajstić information content (AvgIpc) is 2.49. The minimum Gasteiger partial charge on any atom is -0.369 e. The summed E-state index contributed by atoms with van der Waals surface area (Å²) in [4.78, 5) is 9.99. The van der Waals surface area contributed by atoms with Crippen molar-refractivity contribution in [3.05, 3.63) is 34.3 Å². The number of nitro groups is 1. The molecule has 0 spiro atoms. The highest BCUT2D eigenvalue weighted by molar-refractivity contribution is 6.20. The van der Waals surface area contributed by atoms with Gasteiger partial charge in [-0.1, -0.05) is 11.6 Å². The number of halogens is 1. The van der Waals surface area contributed by atoms with Gasteiger partial charge in [0.25, 0.3) is 5.69 Å². The molecule has 0 aliphatic carbocycles. The van der Waals surface area contributed by atoms with Gasteiger partial charge in [-0.2, -0.15) is 0 Å². The van der Waals surface area contributed by atoms with E-state index in [2.05, 4.69) is 5.32 Å². The van der Waals surface area contributed by atoms with Crippen molar-refractivity contribution in [3.8, 4) is 0 Å². The van der Waals surface area contributed by atoms with Crippen LogP contribution in [0, 0.1) is 10.1 Å². The molecule has 1 aliphatic rings. The molecular weight excluding hydrogens is 194 g/mol. The van der Waals surface area contributed by atoms with E-state index in [1.54, 1.807) is 17.0 Å². The van der Waals surface area contributed by atoms with Crippen LogP contribution in [0.2, 0.25) is 0 Å². The van der Waals surface area contributed by atoms with Gasteiger partial charge < -0.3 is 9.88 Å². The van der Waals surface area contributed by atoms with Gasteiger partial charge in [0.2, 0.25) is 0 Å². The third-order valence-corrected chi connectivity index (χ3v) is 2.16. The summed E-state index contributed by atoms with van der Waals surface area (Å²) in [6, 6.07) is 1.45. The molecule has 0 saturated heterocycles. The molecule has 0 unspecified atom stereocenters. The van der Waals surface area contributed by atoms with Gasteiger partial charge in [-0.3, -0.25) is 10.1 Å². The average molecular weight is 200 g/mol. The fourth-order valence-electron chi connectivity index (χ4n) is 1.21. The lowest BCUT2D eigenvalue weighted by atomic mass is 10.4. The molecular formula is C7H6ClN3O2. The Kier molecular flexibility index (Phi) is 1.73. The van der Waals surface area contributed by atoms with Crippen molar-refractivity contribution >= 4 is 23.5 Å². The summed E-state index contributed by atoms with van der Waals surface area (Å²) in [6.07, 6.45) is 4.76. The number of hydrogen-bond donors (Lipinski definition) is 1. The maximum atomic E-state index is 10.4. The summed E-state index contributed by atoms with van der Waals surface area (Å²) in [7, 11) is 0. The summed E-state index contributed by atoms with van der Waals surface area (Å²) < 4.78 is 1.63. The molecule has 68 valence electrons. The molecule has 0 fully saturated rings. The Morgan fingerprint density at radius 2 is 2.46 bits per heavy atom. The van der Waals surface area contributed by atoms with Crippen molar-refractivity contribution in [2.45, 2.75) is 5.50 Å². The SMILES string of the molecule is O=[N+]([O-])c1cc2n(c1)C=CN[C@@H]2Cl. The highest BCUT2D eigenvalue weighted by Gasteiger charge is 2.19. The number of alkyl halides is 1. The molecule has 1 aromatic rings. The molecule has 2 rings (SSSR count). The second-order valence-corrected chi connectivity index (χ2v) is 3.07. The van der Waals surface area contributed by atoms with Crippen LogP contribution in [0.4, 0.5) is 5.69 Å². The normalized spacial score (nSPS) is 19.3. The topological polar surface area (TPSA) is 60.1 Å². The van der Waals surface area contributed by atoms with Crippen LogP contribution >= 0.6 is 11.6 Å². The summed E-state index contributed by atoms with van der Waals surface area (Å²) in [5, 5.41) is 13.3. The lowest BCUT2D eigenvalue weighted by Gasteiger charge is -2.15. The minimum atomic E-state index is -0.442. The first-order valence-electron chi connectivity index (χ1n) is 3.61.